The van der Waals surface area contributed by atoms with Crippen LogP contribution in [0.2, 0.25) is 0 Å². The number of hydrogen-bond donors (Lipinski definition) is 1. The standard InChI is InChI=1S/C18H27NO2/c1-2-4-15(5-3-1)8-10-19-11-9-16-6-7-17-18(14-16)21-13-12-20-17/h6-7,14-15,19H,1-5,8-13H2. The van der Waals surface area contributed by atoms with Gasteiger partial charge in [-0.05, 0) is 49.5 Å². The quantitative estimate of drug-likeness (QED) is 0.812. The highest BCUT2D eigenvalue weighted by Crippen LogP contribution is 2.30. The van der Waals surface area contributed by atoms with Gasteiger partial charge in [0.05, 0.1) is 0 Å². The van der Waals surface area contributed by atoms with Crippen LogP contribution in [0, 0.1) is 5.92 Å². The third-order valence-electron chi connectivity index (χ3n) is 4.65. The van der Waals surface area contributed by atoms with Gasteiger partial charge < -0.3 is 14.8 Å². The Bertz CT molecular complexity index is 441. The van der Waals surface area contributed by atoms with Gasteiger partial charge in [0.15, 0.2) is 11.5 Å². The summed E-state index contributed by atoms with van der Waals surface area (Å²) in [5.74, 6) is 2.76. The van der Waals surface area contributed by atoms with E-state index in [1.54, 1.807) is 0 Å². The Morgan fingerprint density at radius 1 is 0.952 bits per heavy atom. The lowest BCUT2D eigenvalue weighted by Gasteiger charge is -2.21. The third kappa shape index (κ3) is 4.37. The molecule has 1 fully saturated rings. The molecule has 3 heteroatoms. The first-order valence-electron chi connectivity index (χ1n) is 8.51. The lowest BCUT2D eigenvalue weighted by atomic mass is 9.87. The molecular weight excluding hydrogens is 262 g/mol. The zero-order valence-electron chi connectivity index (χ0n) is 12.9. The van der Waals surface area contributed by atoms with Crippen molar-refractivity contribution >= 4 is 0 Å². The highest BCUT2D eigenvalue weighted by molar-refractivity contribution is 5.43. The van der Waals surface area contributed by atoms with E-state index < -0.39 is 0 Å². The Labute approximate surface area is 128 Å². The Morgan fingerprint density at radius 2 is 1.76 bits per heavy atom. The van der Waals surface area contributed by atoms with Crippen LogP contribution in [-0.4, -0.2) is 26.3 Å². The molecule has 1 N–H and O–H groups in total. The maximum absolute atomic E-state index is 5.63. The summed E-state index contributed by atoms with van der Waals surface area (Å²) in [6.07, 6.45) is 9.65. The van der Waals surface area contributed by atoms with Crippen molar-refractivity contribution < 1.29 is 9.47 Å². The van der Waals surface area contributed by atoms with E-state index in [4.69, 9.17) is 9.47 Å². The van der Waals surface area contributed by atoms with Gasteiger partial charge in [-0.1, -0.05) is 38.2 Å². The minimum absolute atomic E-state index is 0.662. The lowest BCUT2D eigenvalue weighted by Crippen LogP contribution is -2.22. The van der Waals surface area contributed by atoms with Crippen molar-refractivity contribution in [1.82, 2.24) is 5.32 Å². The normalized spacial score (nSPS) is 18.7. The monoisotopic (exact) mass is 289 g/mol. The minimum Gasteiger partial charge on any atom is -0.486 e. The average molecular weight is 289 g/mol. The van der Waals surface area contributed by atoms with Crippen molar-refractivity contribution in [3.8, 4) is 11.5 Å². The largest absolute Gasteiger partial charge is 0.486 e. The molecule has 1 saturated carbocycles. The summed E-state index contributed by atoms with van der Waals surface area (Å²) in [6.45, 7) is 3.53. The topological polar surface area (TPSA) is 30.5 Å². The summed E-state index contributed by atoms with van der Waals surface area (Å²) < 4.78 is 11.2. The third-order valence-corrected chi connectivity index (χ3v) is 4.65. The van der Waals surface area contributed by atoms with Crippen molar-refractivity contribution in [2.24, 2.45) is 5.92 Å². The van der Waals surface area contributed by atoms with Crippen LogP contribution in [-0.2, 0) is 6.42 Å². The fourth-order valence-electron chi connectivity index (χ4n) is 3.38. The summed E-state index contributed by atoms with van der Waals surface area (Å²) in [5, 5.41) is 3.59. The molecule has 2 aliphatic rings. The fraction of sp³-hybridized carbons (Fsp3) is 0.667. The van der Waals surface area contributed by atoms with E-state index in [0.717, 1.165) is 36.9 Å². The van der Waals surface area contributed by atoms with Crippen LogP contribution in [0.15, 0.2) is 18.2 Å². The van der Waals surface area contributed by atoms with E-state index in [9.17, 15) is 0 Å². The smallest absolute Gasteiger partial charge is 0.161 e. The molecule has 1 aromatic carbocycles. The number of fused-ring (bicyclic) bond motifs is 1. The molecular formula is C18H27NO2. The molecule has 21 heavy (non-hydrogen) atoms. The van der Waals surface area contributed by atoms with Crippen LogP contribution < -0.4 is 14.8 Å². The van der Waals surface area contributed by atoms with Gasteiger partial charge in [0.2, 0.25) is 0 Å². The molecule has 0 saturated heterocycles. The van der Waals surface area contributed by atoms with Crippen molar-refractivity contribution in [3.05, 3.63) is 23.8 Å². The summed E-state index contributed by atoms with van der Waals surface area (Å²) in [6, 6.07) is 6.31. The molecule has 0 radical (unpaired) electrons. The molecule has 0 atom stereocenters. The zero-order valence-corrected chi connectivity index (χ0v) is 12.9. The highest BCUT2D eigenvalue weighted by Gasteiger charge is 2.13. The van der Waals surface area contributed by atoms with E-state index in [2.05, 4.69) is 17.4 Å². The van der Waals surface area contributed by atoms with Crippen LogP contribution >= 0.6 is 0 Å². The predicted octanol–water partition coefficient (Wildman–Crippen LogP) is 3.56. The van der Waals surface area contributed by atoms with E-state index in [0.29, 0.717) is 13.2 Å². The lowest BCUT2D eigenvalue weighted by molar-refractivity contribution is 0.171. The molecule has 1 aliphatic carbocycles. The number of nitrogens with one attached hydrogen (secondary N) is 1. The number of benzene rings is 1. The Morgan fingerprint density at radius 3 is 2.62 bits per heavy atom. The highest BCUT2D eigenvalue weighted by atomic mass is 16.6. The van der Waals surface area contributed by atoms with Crippen molar-refractivity contribution in [1.29, 1.82) is 0 Å². The first kappa shape index (κ1) is 14.7. The van der Waals surface area contributed by atoms with E-state index >= 15 is 0 Å². The number of ether oxygens (including phenoxy) is 2. The van der Waals surface area contributed by atoms with Gasteiger partial charge in [0, 0.05) is 0 Å². The Kier molecular flexibility index (Phi) is 5.39. The minimum atomic E-state index is 0.662. The van der Waals surface area contributed by atoms with Gasteiger partial charge in [0.1, 0.15) is 13.2 Å². The molecule has 1 aromatic rings. The van der Waals surface area contributed by atoms with Crippen LogP contribution in [0.1, 0.15) is 44.1 Å². The van der Waals surface area contributed by atoms with Crippen LogP contribution in [0.3, 0.4) is 0 Å². The molecule has 0 aromatic heterocycles. The van der Waals surface area contributed by atoms with Crippen LogP contribution in [0.5, 0.6) is 11.5 Å². The van der Waals surface area contributed by atoms with Crippen molar-refractivity contribution in [2.75, 3.05) is 26.3 Å². The van der Waals surface area contributed by atoms with Crippen LogP contribution in [0.4, 0.5) is 0 Å². The molecule has 0 bridgehead atoms. The first-order chi connectivity index (χ1) is 10.4. The maximum atomic E-state index is 5.63. The summed E-state index contributed by atoms with van der Waals surface area (Å²) in [7, 11) is 0. The molecule has 1 heterocycles. The molecule has 1 aliphatic heterocycles. The van der Waals surface area contributed by atoms with E-state index in [1.807, 2.05) is 6.07 Å². The molecule has 3 nitrogen and oxygen atoms in total. The summed E-state index contributed by atoms with van der Waals surface area (Å²) in [4.78, 5) is 0. The van der Waals surface area contributed by atoms with Gasteiger partial charge >= 0.3 is 0 Å². The fourth-order valence-corrected chi connectivity index (χ4v) is 3.38. The maximum Gasteiger partial charge on any atom is 0.161 e. The van der Waals surface area contributed by atoms with E-state index in [1.165, 1.54) is 44.1 Å². The van der Waals surface area contributed by atoms with Gasteiger partial charge in [-0.15, -0.1) is 0 Å². The SMILES string of the molecule is c1cc2c(cc1CCNCCC1CCCCC1)OCCO2. The summed E-state index contributed by atoms with van der Waals surface area (Å²) in [5.41, 5.74) is 1.32. The Hall–Kier alpha value is -1.22. The molecule has 116 valence electrons. The molecule has 0 amide bonds. The van der Waals surface area contributed by atoms with E-state index in [-0.39, 0.29) is 0 Å². The molecule has 3 rings (SSSR count). The number of hydrogen-bond acceptors (Lipinski definition) is 3. The summed E-state index contributed by atoms with van der Waals surface area (Å²) >= 11 is 0. The van der Waals surface area contributed by atoms with Gasteiger partial charge in [-0.25, -0.2) is 0 Å². The van der Waals surface area contributed by atoms with Crippen molar-refractivity contribution in [3.63, 3.8) is 0 Å². The molecule has 0 unspecified atom stereocenters. The molecule has 0 spiro atoms. The van der Waals surface area contributed by atoms with Crippen LogP contribution in [0.25, 0.3) is 0 Å². The Balaban J connectivity index is 1.35. The average Bonchev–Trinajstić information content (AvgIpc) is 2.55. The zero-order chi connectivity index (χ0) is 14.3. The van der Waals surface area contributed by atoms with Gasteiger partial charge in [-0.3, -0.25) is 0 Å². The second-order valence-corrected chi connectivity index (χ2v) is 6.27. The van der Waals surface area contributed by atoms with Crippen molar-refractivity contribution in [2.45, 2.75) is 44.9 Å². The number of rotatable bonds is 6. The van der Waals surface area contributed by atoms with Gasteiger partial charge in [-0.2, -0.15) is 0 Å². The van der Waals surface area contributed by atoms with Gasteiger partial charge in [0.25, 0.3) is 0 Å². The first-order valence-corrected chi connectivity index (χ1v) is 8.51. The second-order valence-electron chi connectivity index (χ2n) is 6.27. The predicted molar refractivity (Wildman–Crippen MR) is 85.2 cm³/mol. The second kappa shape index (κ2) is 7.69.